The predicted octanol–water partition coefficient (Wildman–Crippen LogP) is 5.81. The molecule has 0 fully saturated rings. The number of hydrogen-bond acceptors (Lipinski definition) is 3. The smallest absolute Gasteiger partial charge is 0.319 e. The Labute approximate surface area is 178 Å². The Hall–Kier alpha value is -3.21. The lowest BCUT2D eigenvalue weighted by atomic mass is 10.1. The molecule has 0 spiro atoms. The van der Waals surface area contributed by atoms with E-state index in [1.807, 2.05) is 42.5 Å². The molecule has 3 aromatic carbocycles. The molecule has 0 radical (unpaired) electrons. The predicted molar refractivity (Wildman–Crippen MR) is 126 cm³/mol. The minimum atomic E-state index is -0.164. The first kappa shape index (κ1) is 21.5. The largest absolute Gasteiger partial charge is 0.497 e. The van der Waals surface area contributed by atoms with Crippen molar-refractivity contribution in [1.82, 2.24) is 5.32 Å². The summed E-state index contributed by atoms with van der Waals surface area (Å²) in [4.78, 5) is 12.1. The van der Waals surface area contributed by atoms with Crippen LogP contribution in [0, 0.1) is 0 Å². The first-order valence-corrected chi connectivity index (χ1v) is 10.6. The molecule has 2 amide bonds. The van der Waals surface area contributed by atoms with Gasteiger partial charge in [-0.3, -0.25) is 0 Å². The average molecular weight is 406 g/mol. The summed E-state index contributed by atoms with van der Waals surface area (Å²) in [7, 11) is 1.69. The molecule has 3 N–H and O–H groups in total. The molecule has 0 saturated heterocycles. The number of nitrogens with one attached hydrogen (secondary N) is 3. The van der Waals surface area contributed by atoms with E-state index in [4.69, 9.17) is 4.74 Å². The molecule has 0 aliphatic heterocycles. The summed E-state index contributed by atoms with van der Waals surface area (Å²) in [6, 6.07) is 20.4. The second-order valence-electron chi connectivity index (χ2n) is 7.52. The Kier molecular flexibility index (Phi) is 7.55. The third-order valence-electron chi connectivity index (χ3n) is 5.17. The van der Waals surface area contributed by atoms with Gasteiger partial charge in [-0.1, -0.05) is 43.3 Å². The van der Waals surface area contributed by atoms with Crippen molar-refractivity contribution in [2.24, 2.45) is 0 Å². The van der Waals surface area contributed by atoms with E-state index in [0.29, 0.717) is 6.54 Å². The summed E-state index contributed by atoms with van der Waals surface area (Å²) in [5.74, 6) is 0.842. The zero-order valence-corrected chi connectivity index (χ0v) is 18.0. The van der Waals surface area contributed by atoms with Crippen LogP contribution in [0.15, 0.2) is 60.7 Å². The number of hydrogen-bond donors (Lipinski definition) is 3. The molecular weight excluding hydrogens is 374 g/mol. The van der Waals surface area contributed by atoms with Crippen LogP contribution in [0.5, 0.6) is 5.75 Å². The maximum absolute atomic E-state index is 12.1. The molecule has 5 nitrogen and oxygen atoms in total. The van der Waals surface area contributed by atoms with Crippen molar-refractivity contribution in [2.45, 2.75) is 39.2 Å². The zero-order chi connectivity index (χ0) is 21.3. The highest BCUT2D eigenvalue weighted by molar-refractivity contribution is 5.95. The minimum Gasteiger partial charge on any atom is -0.497 e. The number of benzene rings is 3. The first-order chi connectivity index (χ1) is 14.6. The van der Waals surface area contributed by atoms with E-state index in [1.165, 1.54) is 10.9 Å². The van der Waals surface area contributed by atoms with Gasteiger partial charge in [0.2, 0.25) is 0 Å². The lowest BCUT2D eigenvalue weighted by Crippen LogP contribution is -2.30. The van der Waals surface area contributed by atoms with Gasteiger partial charge in [0.25, 0.3) is 0 Å². The molecule has 0 aliphatic carbocycles. The van der Waals surface area contributed by atoms with Crippen LogP contribution in [-0.2, 0) is 6.42 Å². The number of amides is 2. The Morgan fingerprint density at radius 2 is 1.90 bits per heavy atom. The second kappa shape index (κ2) is 10.5. The number of ether oxygens (including phenoxy) is 1. The SMILES string of the molecule is CCc1cccc(NC(=O)NCCCC(C)Nc2cc(OC)cc3ccccc23)c1. The van der Waals surface area contributed by atoms with Crippen molar-refractivity contribution in [3.8, 4) is 5.75 Å². The van der Waals surface area contributed by atoms with E-state index in [9.17, 15) is 4.79 Å². The van der Waals surface area contributed by atoms with Gasteiger partial charge in [-0.2, -0.15) is 0 Å². The second-order valence-corrected chi connectivity index (χ2v) is 7.52. The van der Waals surface area contributed by atoms with Crippen LogP contribution in [0.2, 0.25) is 0 Å². The number of urea groups is 1. The molecule has 0 heterocycles. The number of rotatable bonds is 9. The maximum Gasteiger partial charge on any atom is 0.319 e. The van der Waals surface area contributed by atoms with Crippen LogP contribution >= 0.6 is 0 Å². The van der Waals surface area contributed by atoms with Crippen LogP contribution in [0.1, 0.15) is 32.3 Å². The van der Waals surface area contributed by atoms with E-state index in [1.54, 1.807) is 7.11 Å². The van der Waals surface area contributed by atoms with Gasteiger partial charge in [0, 0.05) is 35.4 Å². The Morgan fingerprint density at radius 1 is 1.07 bits per heavy atom. The number of fused-ring (bicyclic) bond motifs is 1. The molecule has 5 heteroatoms. The summed E-state index contributed by atoms with van der Waals surface area (Å²) in [5, 5.41) is 11.8. The monoisotopic (exact) mass is 405 g/mol. The molecule has 3 rings (SSSR count). The average Bonchev–Trinajstić information content (AvgIpc) is 2.76. The van der Waals surface area contributed by atoms with E-state index in [-0.39, 0.29) is 12.1 Å². The van der Waals surface area contributed by atoms with Crippen molar-refractivity contribution < 1.29 is 9.53 Å². The molecule has 0 aromatic heterocycles. The van der Waals surface area contributed by atoms with Gasteiger partial charge in [-0.25, -0.2) is 4.79 Å². The molecular formula is C25H31N3O2. The van der Waals surface area contributed by atoms with Crippen LogP contribution in [0.25, 0.3) is 10.8 Å². The van der Waals surface area contributed by atoms with Crippen LogP contribution in [0.3, 0.4) is 0 Å². The van der Waals surface area contributed by atoms with Crippen molar-refractivity contribution in [3.05, 3.63) is 66.2 Å². The normalized spacial score (nSPS) is 11.7. The lowest BCUT2D eigenvalue weighted by Gasteiger charge is -2.18. The molecule has 3 aromatic rings. The molecule has 158 valence electrons. The van der Waals surface area contributed by atoms with Crippen molar-refractivity contribution in [2.75, 3.05) is 24.3 Å². The molecule has 30 heavy (non-hydrogen) atoms. The van der Waals surface area contributed by atoms with E-state index in [2.05, 4.69) is 48.0 Å². The number of anilines is 2. The summed E-state index contributed by atoms with van der Waals surface area (Å²) >= 11 is 0. The highest BCUT2D eigenvalue weighted by atomic mass is 16.5. The van der Waals surface area contributed by atoms with Crippen LogP contribution in [-0.4, -0.2) is 25.7 Å². The third kappa shape index (κ3) is 5.89. The first-order valence-electron chi connectivity index (χ1n) is 10.6. The molecule has 0 bridgehead atoms. The fourth-order valence-electron chi connectivity index (χ4n) is 3.51. The summed E-state index contributed by atoms with van der Waals surface area (Å²) < 4.78 is 5.44. The fourth-order valence-corrected chi connectivity index (χ4v) is 3.51. The highest BCUT2D eigenvalue weighted by Gasteiger charge is 2.08. The lowest BCUT2D eigenvalue weighted by molar-refractivity contribution is 0.252. The van der Waals surface area contributed by atoms with Crippen LogP contribution in [0.4, 0.5) is 16.2 Å². The Morgan fingerprint density at radius 3 is 2.70 bits per heavy atom. The van der Waals surface area contributed by atoms with E-state index in [0.717, 1.165) is 41.8 Å². The quantitative estimate of drug-likeness (QED) is 0.394. The van der Waals surface area contributed by atoms with Crippen molar-refractivity contribution in [3.63, 3.8) is 0 Å². The number of methoxy groups -OCH3 is 1. The van der Waals surface area contributed by atoms with Gasteiger partial charge in [-0.05, 0) is 55.3 Å². The molecule has 1 atom stereocenters. The van der Waals surface area contributed by atoms with Gasteiger partial charge in [0.05, 0.1) is 7.11 Å². The molecule has 1 unspecified atom stereocenters. The molecule has 0 aliphatic rings. The van der Waals surface area contributed by atoms with Gasteiger partial charge in [-0.15, -0.1) is 0 Å². The Bertz CT molecular complexity index is 987. The maximum atomic E-state index is 12.1. The number of carbonyl (C=O) groups is 1. The van der Waals surface area contributed by atoms with Crippen molar-refractivity contribution in [1.29, 1.82) is 0 Å². The third-order valence-corrected chi connectivity index (χ3v) is 5.17. The van der Waals surface area contributed by atoms with Crippen LogP contribution < -0.4 is 20.7 Å². The van der Waals surface area contributed by atoms with Gasteiger partial charge in [0.1, 0.15) is 5.75 Å². The fraction of sp³-hybridized carbons (Fsp3) is 0.320. The topological polar surface area (TPSA) is 62.4 Å². The van der Waals surface area contributed by atoms with Crippen molar-refractivity contribution >= 4 is 28.2 Å². The van der Waals surface area contributed by atoms with Gasteiger partial charge in [0.15, 0.2) is 0 Å². The van der Waals surface area contributed by atoms with Gasteiger partial charge < -0.3 is 20.7 Å². The Balaban J connectivity index is 1.46. The highest BCUT2D eigenvalue weighted by Crippen LogP contribution is 2.30. The van der Waals surface area contributed by atoms with Gasteiger partial charge >= 0.3 is 6.03 Å². The summed E-state index contributed by atoms with van der Waals surface area (Å²) in [6.45, 7) is 4.89. The number of aryl methyl sites for hydroxylation is 1. The minimum absolute atomic E-state index is 0.164. The number of carbonyl (C=O) groups excluding carboxylic acids is 1. The van der Waals surface area contributed by atoms with E-state index < -0.39 is 0 Å². The standard InChI is InChI=1S/C25H31N3O2/c1-4-19-10-7-12-21(15-19)28-25(29)26-14-8-9-18(2)27-24-17-22(30-3)16-20-11-5-6-13-23(20)24/h5-7,10-13,15-18,27H,4,8-9,14H2,1-3H3,(H2,26,28,29). The molecule has 0 saturated carbocycles. The summed E-state index contributed by atoms with van der Waals surface area (Å²) in [5.41, 5.74) is 3.10. The summed E-state index contributed by atoms with van der Waals surface area (Å²) in [6.07, 6.45) is 2.78. The zero-order valence-electron chi connectivity index (χ0n) is 18.0. The van der Waals surface area contributed by atoms with E-state index >= 15 is 0 Å².